The minimum absolute atomic E-state index is 0.0678. The molecular weight excluding hydrogens is 248 g/mol. The van der Waals surface area contributed by atoms with Crippen LogP contribution < -0.4 is 4.90 Å². The van der Waals surface area contributed by atoms with E-state index in [1.165, 1.54) is 25.7 Å². The van der Waals surface area contributed by atoms with E-state index in [2.05, 4.69) is 9.88 Å². The number of aliphatic hydroxyl groups excluding tert-OH is 1. The van der Waals surface area contributed by atoms with Gasteiger partial charge in [0.05, 0.1) is 23.8 Å². The molecule has 0 aromatic carbocycles. The molecule has 18 heavy (non-hydrogen) atoms. The van der Waals surface area contributed by atoms with Crippen molar-refractivity contribution in [2.24, 2.45) is 5.92 Å². The smallest absolute Gasteiger partial charge is 0.186 e. The van der Waals surface area contributed by atoms with Gasteiger partial charge in [-0.15, -0.1) is 0 Å². The van der Waals surface area contributed by atoms with E-state index in [9.17, 15) is 5.11 Å². The van der Waals surface area contributed by atoms with Crippen LogP contribution in [0.1, 0.15) is 36.3 Å². The zero-order valence-electron chi connectivity index (χ0n) is 10.8. The van der Waals surface area contributed by atoms with E-state index in [1.54, 1.807) is 18.4 Å². The lowest BCUT2D eigenvalue weighted by Crippen LogP contribution is -2.27. The van der Waals surface area contributed by atoms with Crippen LogP contribution in [-0.4, -0.2) is 29.8 Å². The molecular formula is C13H20N2O2S. The van der Waals surface area contributed by atoms with Crippen molar-refractivity contribution in [3.63, 3.8) is 0 Å². The van der Waals surface area contributed by atoms with E-state index in [-0.39, 0.29) is 6.61 Å². The molecule has 0 spiro atoms. The molecule has 3 rings (SSSR count). The van der Waals surface area contributed by atoms with Gasteiger partial charge < -0.3 is 14.7 Å². The number of hydrogen-bond donors (Lipinski definition) is 1. The van der Waals surface area contributed by atoms with Crippen LogP contribution in [0.15, 0.2) is 0 Å². The molecule has 4 nitrogen and oxygen atoms in total. The number of aromatic nitrogens is 1. The van der Waals surface area contributed by atoms with Crippen LogP contribution in [-0.2, 0) is 18.0 Å². The Morgan fingerprint density at radius 3 is 2.72 bits per heavy atom. The SMILES string of the molecule is COCc1nc(N(CC2CC2)C2CC2)sc1CO. The third-order valence-electron chi connectivity index (χ3n) is 3.58. The Kier molecular flexibility index (Phi) is 3.54. The van der Waals surface area contributed by atoms with Gasteiger partial charge in [-0.1, -0.05) is 11.3 Å². The van der Waals surface area contributed by atoms with Gasteiger partial charge in [-0.05, 0) is 31.6 Å². The Bertz CT molecular complexity index is 413. The maximum absolute atomic E-state index is 9.38. The zero-order valence-corrected chi connectivity index (χ0v) is 11.6. The molecule has 0 saturated heterocycles. The molecule has 1 N–H and O–H groups in total. The van der Waals surface area contributed by atoms with Crippen LogP contribution in [0.5, 0.6) is 0 Å². The van der Waals surface area contributed by atoms with Crippen molar-refractivity contribution in [2.45, 2.75) is 44.9 Å². The number of anilines is 1. The lowest BCUT2D eigenvalue weighted by molar-refractivity contribution is 0.179. The molecule has 0 bridgehead atoms. The summed E-state index contributed by atoms with van der Waals surface area (Å²) in [7, 11) is 1.67. The van der Waals surface area contributed by atoms with Crippen molar-refractivity contribution in [2.75, 3.05) is 18.6 Å². The van der Waals surface area contributed by atoms with Gasteiger partial charge in [-0.3, -0.25) is 0 Å². The van der Waals surface area contributed by atoms with E-state index in [1.807, 2.05) is 0 Å². The highest BCUT2D eigenvalue weighted by Gasteiger charge is 2.35. The van der Waals surface area contributed by atoms with Crippen LogP contribution in [0.25, 0.3) is 0 Å². The van der Waals surface area contributed by atoms with Crippen molar-refractivity contribution in [3.8, 4) is 0 Å². The van der Waals surface area contributed by atoms with Gasteiger partial charge in [0.25, 0.3) is 0 Å². The van der Waals surface area contributed by atoms with Gasteiger partial charge in [0.1, 0.15) is 0 Å². The number of aliphatic hydroxyl groups is 1. The van der Waals surface area contributed by atoms with E-state index >= 15 is 0 Å². The fraction of sp³-hybridized carbons (Fsp3) is 0.769. The van der Waals surface area contributed by atoms with Crippen molar-refractivity contribution < 1.29 is 9.84 Å². The molecule has 0 radical (unpaired) electrons. The van der Waals surface area contributed by atoms with Crippen LogP contribution >= 0.6 is 11.3 Å². The molecule has 1 aromatic rings. The standard InChI is InChI=1S/C13H20N2O2S/c1-17-8-11-12(7-16)18-13(14-11)15(10-4-5-10)6-9-2-3-9/h9-10,16H,2-8H2,1H3. The molecule has 2 aliphatic carbocycles. The lowest BCUT2D eigenvalue weighted by Gasteiger charge is -2.21. The maximum Gasteiger partial charge on any atom is 0.186 e. The van der Waals surface area contributed by atoms with Crippen molar-refractivity contribution >= 4 is 16.5 Å². The topological polar surface area (TPSA) is 45.6 Å². The summed E-state index contributed by atoms with van der Waals surface area (Å²) in [5, 5.41) is 10.5. The summed E-state index contributed by atoms with van der Waals surface area (Å²) in [6.07, 6.45) is 5.32. The van der Waals surface area contributed by atoms with Crippen LogP contribution in [0, 0.1) is 5.92 Å². The maximum atomic E-state index is 9.38. The molecule has 0 atom stereocenters. The number of hydrogen-bond acceptors (Lipinski definition) is 5. The quantitative estimate of drug-likeness (QED) is 0.823. The molecule has 2 aliphatic rings. The Morgan fingerprint density at radius 2 is 2.17 bits per heavy atom. The number of thiazole rings is 1. The molecule has 5 heteroatoms. The monoisotopic (exact) mass is 268 g/mol. The second-order valence-electron chi connectivity index (χ2n) is 5.28. The summed E-state index contributed by atoms with van der Waals surface area (Å²) in [6, 6.07) is 0.693. The summed E-state index contributed by atoms with van der Waals surface area (Å²) < 4.78 is 5.15. The molecule has 2 saturated carbocycles. The minimum atomic E-state index is 0.0678. The Balaban J connectivity index is 1.78. The first-order valence-corrected chi connectivity index (χ1v) is 7.48. The summed E-state index contributed by atoms with van der Waals surface area (Å²) >= 11 is 1.63. The second-order valence-corrected chi connectivity index (χ2v) is 6.35. The van der Waals surface area contributed by atoms with Crippen LogP contribution in [0.2, 0.25) is 0 Å². The largest absolute Gasteiger partial charge is 0.391 e. The molecule has 100 valence electrons. The van der Waals surface area contributed by atoms with Gasteiger partial charge in [0, 0.05) is 19.7 Å². The van der Waals surface area contributed by atoms with E-state index in [0.717, 1.165) is 28.2 Å². The molecule has 2 fully saturated rings. The van der Waals surface area contributed by atoms with Crippen molar-refractivity contribution in [3.05, 3.63) is 10.6 Å². The highest BCUT2D eigenvalue weighted by Crippen LogP contribution is 2.39. The average molecular weight is 268 g/mol. The summed E-state index contributed by atoms with van der Waals surface area (Å²) in [5.41, 5.74) is 0.904. The van der Waals surface area contributed by atoms with Crippen molar-refractivity contribution in [1.82, 2.24) is 4.98 Å². The number of methoxy groups -OCH3 is 1. The number of rotatable bonds is 7. The van der Waals surface area contributed by atoms with E-state index < -0.39 is 0 Å². The molecule has 0 aliphatic heterocycles. The van der Waals surface area contributed by atoms with Crippen LogP contribution in [0.3, 0.4) is 0 Å². The normalized spacial score (nSPS) is 19.2. The highest BCUT2D eigenvalue weighted by molar-refractivity contribution is 7.15. The molecule has 1 heterocycles. The van der Waals surface area contributed by atoms with Gasteiger partial charge in [-0.2, -0.15) is 0 Å². The van der Waals surface area contributed by atoms with Gasteiger partial charge >= 0.3 is 0 Å². The molecule has 0 unspecified atom stereocenters. The van der Waals surface area contributed by atoms with Crippen LogP contribution in [0.4, 0.5) is 5.13 Å². The van der Waals surface area contributed by atoms with Crippen molar-refractivity contribution in [1.29, 1.82) is 0 Å². The number of ether oxygens (including phenoxy) is 1. The lowest BCUT2D eigenvalue weighted by atomic mass is 10.3. The number of nitrogens with zero attached hydrogens (tertiary/aromatic N) is 2. The average Bonchev–Trinajstić information content (AvgIpc) is 3.25. The highest BCUT2D eigenvalue weighted by atomic mass is 32.1. The zero-order chi connectivity index (χ0) is 12.5. The fourth-order valence-corrected chi connectivity index (χ4v) is 3.22. The Hall–Kier alpha value is -0.650. The van der Waals surface area contributed by atoms with E-state index in [0.29, 0.717) is 12.6 Å². The second kappa shape index (κ2) is 5.15. The fourth-order valence-electron chi connectivity index (χ4n) is 2.21. The predicted octanol–water partition coefficient (Wildman–Crippen LogP) is 2.16. The van der Waals surface area contributed by atoms with Gasteiger partial charge in [0.15, 0.2) is 5.13 Å². The van der Waals surface area contributed by atoms with E-state index in [4.69, 9.17) is 4.74 Å². The summed E-state index contributed by atoms with van der Waals surface area (Å²) in [5.74, 6) is 0.873. The third kappa shape index (κ3) is 2.68. The minimum Gasteiger partial charge on any atom is -0.391 e. The summed E-state index contributed by atoms with van der Waals surface area (Å²) in [4.78, 5) is 8.08. The Morgan fingerprint density at radius 1 is 1.39 bits per heavy atom. The molecule has 0 amide bonds. The summed E-state index contributed by atoms with van der Waals surface area (Å²) in [6.45, 7) is 1.71. The van der Waals surface area contributed by atoms with Gasteiger partial charge in [-0.25, -0.2) is 4.98 Å². The first-order chi connectivity index (χ1) is 8.81. The predicted molar refractivity (Wildman–Crippen MR) is 71.8 cm³/mol. The first kappa shape index (κ1) is 12.4. The third-order valence-corrected chi connectivity index (χ3v) is 4.70. The Labute approximate surface area is 112 Å². The molecule has 1 aromatic heterocycles. The first-order valence-electron chi connectivity index (χ1n) is 6.66. The van der Waals surface area contributed by atoms with Gasteiger partial charge in [0.2, 0.25) is 0 Å².